The van der Waals surface area contributed by atoms with E-state index in [2.05, 4.69) is 15.4 Å². The smallest absolute Gasteiger partial charge is 0.275 e. The highest BCUT2D eigenvalue weighted by atomic mass is 35.5. The van der Waals surface area contributed by atoms with E-state index in [-0.39, 0.29) is 11.6 Å². The van der Waals surface area contributed by atoms with E-state index in [9.17, 15) is 4.79 Å². The number of rotatable bonds is 2. The molecule has 0 radical (unpaired) electrons. The Bertz CT molecular complexity index is 545. The maximum atomic E-state index is 11.8. The molecule has 0 fully saturated rings. The van der Waals surface area contributed by atoms with Crippen LogP contribution in [0.3, 0.4) is 0 Å². The second-order valence-electron chi connectivity index (χ2n) is 3.61. The summed E-state index contributed by atoms with van der Waals surface area (Å²) in [7, 11) is 1.81. The van der Waals surface area contributed by atoms with E-state index in [0.29, 0.717) is 10.8 Å². The van der Waals surface area contributed by atoms with Crippen LogP contribution in [-0.2, 0) is 7.05 Å². The van der Waals surface area contributed by atoms with Gasteiger partial charge in [-0.2, -0.15) is 5.10 Å². The fourth-order valence-electron chi connectivity index (χ4n) is 1.33. The second-order valence-corrected chi connectivity index (χ2v) is 4.04. The molecule has 6 heteroatoms. The summed E-state index contributed by atoms with van der Waals surface area (Å²) in [5, 5.41) is 7.25. The van der Waals surface area contributed by atoms with Crippen molar-refractivity contribution in [1.29, 1.82) is 0 Å². The van der Waals surface area contributed by atoms with Crippen LogP contribution in [0.2, 0.25) is 5.02 Å². The van der Waals surface area contributed by atoms with Crippen molar-refractivity contribution in [3.63, 3.8) is 0 Å². The monoisotopic (exact) mass is 250 g/mol. The Balaban J connectivity index is 2.17. The van der Waals surface area contributed by atoms with Crippen molar-refractivity contribution in [3.05, 3.63) is 40.8 Å². The molecule has 2 aromatic heterocycles. The van der Waals surface area contributed by atoms with Crippen molar-refractivity contribution in [1.82, 2.24) is 14.8 Å². The fraction of sp³-hybridized carbons (Fsp3) is 0.182. The van der Waals surface area contributed by atoms with Crippen LogP contribution in [0.15, 0.2) is 24.4 Å². The predicted octanol–water partition coefficient (Wildman–Crippen LogP) is 2.03. The highest BCUT2D eigenvalue weighted by Gasteiger charge is 2.10. The Kier molecular flexibility index (Phi) is 3.10. The summed E-state index contributed by atoms with van der Waals surface area (Å²) in [6, 6.07) is 4.90. The van der Waals surface area contributed by atoms with E-state index in [0.717, 1.165) is 5.69 Å². The summed E-state index contributed by atoms with van der Waals surface area (Å²) < 4.78 is 1.68. The summed E-state index contributed by atoms with van der Waals surface area (Å²) >= 11 is 5.78. The molecule has 0 atom stereocenters. The first-order chi connectivity index (χ1) is 8.06. The molecule has 88 valence electrons. The third kappa shape index (κ3) is 2.62. The maximum Gasteiger partial charge on any atom is 0.275 e. The highest BCUT2D eigenvalue weighted by Crippen LogP contribution is 2.11. The third-order valence-electron chi connectivity index (χ3n) is 2.31. The lowest BCUT2D eigenvalue weighted by atomic mass is 10.3. The SMILES string of the molecule is Cc1cc(NC(=O)c2cc(Cl)ccn2)nn1C. The van der Waals surface area contributed by atoms with Gasteiger partial charge in [0, 0.05) is 30.0 Å². The number of nitrogens with zero attached hydrogens (tertiary/aromatic N) is 3. The van der Waals surface area contributed by atoms with Crippen LogP contribution < -0.4 is 5.32 Å². The first kappa shape index (κ1) is 11.6. The minimum absolute atomic E-state index is 0.265. The number of hydrogen-bond donors (Lipinski definition) is 1. The average molecular weight is 251 g/mol. The van der Waals surface area contributed by atoms with Crippen molar-refractivity contribution in [2.75, 3.05) is 5.32 Å². The zero-order chi connectivity index (χ0) is 12.4. The van der Waals surface area contributed by atoms with Crippen LogP contribution in [0, 0.1) is 6.92 Å². The molecule has 0 aliphatic heterocycles. The zero-order valence-corrected chi connectivity index (χ0v) is 10.2. The van der Waals surface area contributed by atoms with Crippen molar-refractivity contribution < 1.29 is 4.79 Å². The first-order valence-electron chi connectivity index (χ1n) is 5.00. The van der Waals surface area contributed by atoms with E-state index < -0.39 is 0 Å². The number of pyridine rings is 1. The van der Waals surface area contributed by atoms with Crippen LogP contribution in [0.1, 0.15) is 16.2 Å². The van der Waals surface area contributed by atoms with E-state index in [1.807, 2.05) is 14.0 Å². The van der Waals surface area contributed by atoms with Gasteiger partial charge in [-0.1, -0.05) is 11.6 Å². The second kappa shape index (κ2) is 4.55. The number of amides is 1. The van der Waals surface area contributed by atoms with Crippen LogP contribution in [0.25, 0.3) is 0 Å². The van der Waals surface area contributed by atoms with Crippen LogP contribution in [0.5, 0.6) is 0 Å². The molecule has 0 unspecified atom stereocenters. The van der Waals surface area contributed by atoms with E-state index in [4.69, 9.17) is 11.6 Å². The molecular weight excluding hydrogens is 240 g/mol. The molecule has 0 spiro atoms. The number of halogens is 1. The van der Waals surface area contributed by atoms with Gasteiger partial charge in [-0.25, -0.2) is 0 Å². The van der Waals surface area contributed by atoms with Crippen molar-refractivity contribution in [2.45, 2.75) is 6.92 Å². The van der Waals surface area contributed by atoms with Gasteiger partial charge in [-0.15, -0.1) is 0 Å². The molecule has 17 heavy (non-hydrogen) atoms. The Hall–Kier alpha value is -1.88. The molecule has 0 aromatic carbocycles. The first-order valence-corrected chi connectivity index (χ1v) is 5.37. The number of carbonyl (C=O) groups is 1. The number of aryl methyl sites for hydroxylation is 2. The molecule has 0 bridgehead atoms. The highest BCUT2D eigenvalue weighted by molar-refractivity contribution is 6.30. The van der Waals surface area contributed by atoms with E-state index in [1.165, 1.54) is 12.3 Å². The third-order valence-corrected chi connectivity index (χ3v) is 2.55. The molecule has 0 aliphatic rings. The molecule has 2 heterocycles. The van der Waals surface area contributed by atoms with Crippen LogP contribution >= 0.6 is 11.6 Å². The van der Waals surface area contributed by atoms with Gasteiger partial charge in [-0.3, -0.25) is 14.5 Å². The largest absolute Gasteiger partial charge is 0.304 e. The topological polar surface area (TPSA) is 59.8 Å². The summed E-state index contributed by atoms with van der Waals surface area (Å²) in [5.74, 6) is 0.169. The average Bonchev–Trinajstić information content (AvgIpc) is 2.58. The molecule has 5 nitrogen and oxygen atoms in total. The van der Waals surface area contributed by atoms with Gasteiger partial charge >= 0.3 is 0 Å². The fourth-order valence-corrected chi connectivity index (χ4v) is 1.49. The molecule has 0 saturated carbocycles. The number of carbonyl (C=O) groups excluding carboxylic acids is 1. The number of hydrogen-bond acceptors (Lipinski definition) is 3. The zero-order valence-electron chi connectivity index (χ0n) is 9.44. The Morgan fingerprint density at radius 2 is 2.24 bits per heavy atom. The van der Waals surface area contributed by atoms with E-state index >= 15 is 0 Å². The molecule has 0 aliphatic carbocycles. The lowest BCUT2D eigenvalue weighted by molar-refractivity contribution is 0.102. The lowest BCUT2D eigenvalue weighted by Gasteiger charge is -2.00. The molecular formula is C11H11ClN4O. The van der Waals surface area contributed by atoms with Crippen LogP contribution in [-0.4, -0.2) is 20.7 Å². The van der Waals surface area contributed by atoms with E-state index in [1.54, 1.807) is 16.8 Å². The predicted molar refractivity (Wildman–Crippen MR) is 65.1 cm³/mol. The van der Waals surface area contributed by atoms with Crippen LogP contribution in [0.4, 0.5) is 5.82 Å². The van der Waals surface area contributed by atoms with Gasteiger partial charge in [-0.05, 0) is 19.1 Å². The summed E-state index contributed by atoms with van der Waals surface area (Å²) in [4.78, 5) is 15.7. The molecule has 2 rings (SSSR count). The minimum Gasteiger partial charge on any atom is -0.304 e. The van der Waals surface area contributed by atoms with Gasteiger partial charge in [0.15, 0.2) is 5.82 Å². The molecule has 1 amide bonds. The Morgan fingerprint density at radius 1 is 1.47 bits per heavy atom. The molecule has 2 aromatic rings. The summed E-state index contributed by atoms with van der Waals surface area (Å²) in [6.07, 6.45) is 1.49. The standard InChI is InChI=1S/C11H11ClN4O/c1-7-5-10(15-16(7)2)14-11(17)9-6-8(12)3-4-13-9/h3-6H,1-2H3,(H,14,15,17). The normalized spacial score (nSPS) is 10.3. The Labute approximate surface area is 103 Å². The van der Waals surface area contributed by atoms with Gasteiger partial charge in [0.25, 0.3) is 5.91 Å². The molecule has 1 N–H and O–H groups in total. The number of nitrogens with one attached hydrogen (secondary N) is 1. The van der Waals surface area contributed by atoms with Crippen molar-refractivity contribution in [3.8, 4) is 0 Å². The maximum absolute atomic E-state index is 11.8. The van der Waals surface area contributed by atoms with Gasteiger partial charge in [0.2, 0.25) is 0 Å². The van der Waals surface area contributed by atoms with Gasteiger partial charge < -0.3 is 5.32 Å². The van der Waals surface area contributed by atoms with Crippen molar-refractivity contribution >= 4 is 23.3 Å². The number of anilines is 1. The van der Waals surface area contributed by atoms with Crippen molar-refractivity contribution in [2.24, 2.45) is 7.05 Å². The molecule has 0 saturated heterocycles. The van der Waals surface area contributed by atoms with Gasteiger partial charge in [0.1, 0.15) is 5.69 Å². The quantitative estimate of drug-likeness (QED) is 0.887. The summed E-state index contributed by atoms with van der Waals surface area (Å²) in [5.41, 5.74) is 1.22. The van der Waals surface area contributed by atoms with Gasteiger partial charge in [0.05, 0.1) is 0 Å². The summed E-state index contributed by atoms with van der Waals surface area (Å²) in [6.45, 7) is 1.90. The Morgan fingerprint density at radius 3 is 2.82 bits per heavy atom. The lowest BCUT2D eigenvalue weighted by Crippen LogP contribution is -2.14. The minimum atomic E-state index is -0.328. The number of aromatic nitrogens is 3.